The second-order valence-electron chi connectivity index (χ2n) is 6.72. The molecule has 0 N–H and O–H groups in total. The van der Waals surface area contributed by atoms with Gasteiger partial charge in [-0.3, -0.25) is 0 Å². The average Bonchev–Trinajstić information content (AvgIpc) is 2.66. The van der Waals surface area contributed by atoms with E-state index < -0.39 is 0 Å². The van der Waals surface area contributed by atoms with Crippen LogP contribution < -0.4 is 20.4 Å². The van der Waals surface area contributed by atoms with Gasteiger partial charge in [-0.15, -0.1) is 26.4 Å². The Morgan fingerprint density at radius 3 is 0.560 bits per heavy atom. The van der Waals surface area contributed by atoms with E-state index in [1.54, 1.807) is 0 Å². The quantitative estimate of drug-likeness (QED) is 0.595. The summed E-state index contributed by atoms with van der Waals surface area (Å²) < 4.78 is 0. The van der Waals surface area contributed by atoms with Gasteiger partial charge in [0, 0.05) is 0 Å². The van der Waals surface area contributed by atoms with Crippen LogP contribution in [0.15, 0.2) is 0 Å². The summed E-state index contributed by atoms with van der Waals surface area (Å²) in [6.45, 7) is 16.3. The molecule has 4 atom stereocenters. The first-order valence-corrected chi connectivity index (χ1v) is 9.56. The van der Waals surface area contributed by atoms with Crippen LogP contribution in [0.1, 0.15) is 81.1 Å². The van der Waals surface area contributed by atoms with Crippen molar-refractivity contribution in [1.29, 1.82) is 0 Å². The fraction of sp³-hybridized carbons (Fsp3) is 1.00. The third kappa shape index (κ3) is 45.4. The Kier molecular flexibility index (Phi) is 45.8. The van der Waals surface area contributed by atoms with Crippen molar-refractivity contribution in [2.24, 2.45) is 23.7 Å². The van der Waals surface area contributed by atoms with Gasteiger partial charge in [-0.05, 0) is 0 Å². The van der Waals surface area contributed by atoms with E-state index in [4.69, 9.17) is 0 Å². The third-order valence-corrected chi connectivity index (χ3v) is 3.93. The van der Waals surface area contributed by atoms with Crippen molar-refractivity contribution in [2.45, 2.75) is 81.1 Å². The summed E-state index contributed by atoms with van der Waals surface area (Å²) in [6, 6.07) is 0. The van der Waals surface area contributed by atoms with Gasteiger partial charge in [0.05, 0.1) is 0 Å². The third-order valence-electron chi connectivity index (χ3n) is 3.93. The van der Waals surface area contributed by atoms with Gasteiger partial charge >= 0.3 is 11.0 Å². The minimum absolute atomic E-state index is 0. The average molecular weight is 377 g/mol. The molecule has 5 heteroatoms. The molecule has 0 amide bonds. The van der Waals surface area contributed by atoms with Crippen LogP contribution in [0.4, 0.5) is 0 Å². The molecule has 0 aliphatic rings. The summed E-state index contributed by atoms with van der Waals surface area (Å²) in [5.41, 5.74) is 0. The molecule has 0 saturated heterocycles. The van der Waals surface area contributed by atoms with Crippen LogP contribution >= 0.6 is 0 Å². The predicted octanol–water partition coefficient (Wildman–Crippen LogP) is 1.19. The van der Waals surface area contributed by atoms with Crippen LogP contribution in [-0.4, -0.2) is 37.4 Å². The SMILES string of the molecule is CCC(C)C[O-].CCC(C)C[O-].CCC(C)C[O-].CCC(C)C[O-].[Si+4]. The predicted molar refractivity (Wildman–Crippen MR) is 103 cm³/mol. The van der Waals surface area contributed by atoms with Gasteiger partial charge < -0.3 is 20.4 Å². The summed E-state index contributed by atoms with van der Waals surface area (Å²) >= 11 is 0. The molecule has 0 aliphatic heterocycles. The second-order valence-corrected chi connectivity index (χ2v) is 6.72. The number of rotatable bonds is 8. The fourth-order valence-electron chi connectivity index (χ4n) is 0.471. The fourth-order valence-corrected chi connectivity index (χ4v) is 0.471. The smallest absolute Gasteiger partial charge is 0.854 e. The molecule has 0 aromatic rings. The summed E-state index contributed by atoms with van der Waals surface area (Å²) in [6.07, 6.45) is 4.07. The Hall–Kier alpha value is 0.0569. The van der Waals surface area contributed by atoms with Gasteiger partial charge in [0.25, 0.3) is 0 Å². The molecule has 0 spiro atoms. The van der Waals surface area contributed by atoms with Crippen molar-refractivity contribution in [1.82, 2.24) is 0 Å². The van der Waals surface area contributed by atoms with Crippen LogP contribution in [0, 0.1) is 23.7 Å². The maximum Gasteiger partial charge on any atom is 4.00 e. The van der Waals surface area contributed by atoms with Crippen LogP contribution in [-0.2, 0) is 0 Å². The zero-order chi connectivity index (χ0) is 20.0. The van der Waals surface area contributed by atoms with Gasteiger partial charge in [-0.25, -0.2) is 0 Å². The largest absolute Gasteiger partial charge is 4.00 e. The molecule has 0 heterocycles. The van der Waals surface area contributed by atoms with E-state index in [2.05, 4.69) is 0 Å². The molecule has 4 nitrogen and oxygen atoms in total. The molecule has 0 saturated carbocycles. The normalized spacial score (nSPS) is 13.9. The molecule has 25 heavy (non-hydrogen) atoms. The van der Waals surface area contributed by atoms with Gasteiger partial charge in [0.2, 0.25) is 0 Å². The molecular weight excluding hydrogens is 332 g/mol. The van der Waals surface area contributed by atoms with E-state index in [1.807, 2.05) is 55.4 Å². The second kappa shape index (κ2) is 31.8. The summed E-state index contributed by atoms with van der Waals surface area (Å²) in [5, 5.41) is 39.4. The molecular formula is C20H44O4Si. The Morgan fingerprint density at radius 2 is 0.560 bits per heavy atom. The molecule has 0 aromatic carbocycles. The molecule has 0 fully saturated rings. The van der Waals surface area contributed by atoms with Gasteiger partial charge in [-0.1, -0.05) is 105 Å². The number of hydrogen-bond donors (Lipinski definition) is 0. The van der Waals surface area contributed by atoms with E-state index >= 15 is 0 Å². The van der Waals surface area contributed by atoms with Crippen molar-refractivity contribution < 1.29 is 20.4 Å². The Bertz CT molecular complexity index is 139. The van der Waals surface area contributed by atoms with Gasteiger partial charge in [-0.2, -0.15) is 0 Å². The van der Waals surface area contributed by atoms with E-state index in [-0.39, 0.29) is 37.4 Å². The summed E-state index contributed by atoms with van der Waals surface area (Å²) in [4.78, 5) is 0. The van der Waals surface area contributed by atoms with E-state index in [9.17, 15) is 20.4 Å². The van der Waals surface area contributed by atoms with E-state index in [1.165, 1.54) is 0 Å². The first-order chi connectivity index (χ1) is 11.2. The van der Waals surface area contributed by atoms with Crippen molar-refractivity contribution in [3.05, 3.63) is 0 Å². The molecule has 0 rings (SSSR count). The van der Waals surface area contributed by atoms with E-state index in [0.29, 0.717) is 23.7 Å². The maximum absolute atomic E-state index is 9.86. The van der Waals surface area contributed by atoms with Gasteiger partial charge in [0.15, 0.2) is 0 Å². The van der Waals surface area contributed by atoms with Crippen molar-refractivity contribution in [2.75, 3.05) is 26.4 Å². The minimum atomic E-state index is 0. The Labute approximate surface area is 163 Å². The molecule has 0 radical (unpaired) electrons. The van der Waals surface area contributed by atoms with Crippen molar-refractivity contribution in [3.63, 3.8) is 0 Å². The van der Waals surface area contributed by atoms with Crippen LogP contribution in [0.3, 0.4) is 0 Å². The van der Waals surface area contributed by atoms with Crippen molar-refractivity contribution in [3.8, 4) is 0 Å². The first kappa shape index (κ1) is 36.0. The first-order valence-electron chi connectivity index (χ1n) is 9.56. The monoisotopic (exact) mass is 376 g/mol. The molecule has 0 aliphatic carbocycles. The topological polar surface area (TPSA) is 92.2 Å². The van der Waals surface area contributed by atoms with Crippen molar-refractivity contribution >= 4 is 11.0 Å². The van der Waals surface area contributed by atoms with E-state index in [0.717, 1.165) is 25.7 Å². The van der Waals surface area contributed by atoms with Crippen LogP contribution in [0.5, 0.6) is 0 Å². The minimum Gasteiger partial charge on any atom is -0.854 e. The number of hydrogen-bond acceptors (Lipinski definition) is 4. The zero-order valence-electron chi connectivity index (χ0n) is 18.1. The standard InChI is InChI=1S/4C5H11O.Si/c4*1-3-5(2)4-6;/h4*5H,3-4H2,1-2H3;/q4*-1;+4. The van der Waals surface area contributed by atoms with Crippen LogP contribution in [0.2, 0.25) is 0 Å². The summed E-state index contributed by atoms with van der Waals surface area (Å²) in [7, 11) is 0. The zero-order valence-corrected chi connectivity index (χ0v) is 19.1. The molecule has 0 aromatic heterocycles. The summed E-state index contributed by atoms with van der Waals surface area (Å²) in [5.74, 6) is 1.52. The Balaban J connectivity index is -0.0000000702. The molecule has 4 unspecified atom stereocenters. The van der Waals surface area contributed by atoms with Crippen LogP contribution in [0.25, 0.3) is 0 Å². The maximum atomic E-state index is 9.86. The molecule has 152 valence electrons. The van der Waals surface area contributed by atoms with Gasteiger partial charge in [0.1, 0.15) is 0 Å². The molecule has 0 bridgehead atoms. The Morgan fingerprint density at radius 1 is 0.440 bits per heavy atom.